The van der Waals surface area contributed by atoms with Crippen molar-refractivity contribution in [1.82, 2.24) is 0 Å². The summed E-state index contributed by atoms with van der Waals surface area (Å²) in [6, 6.07) is 3.55. The largest absolute Gasteiger partial charge is 0.437 e. The van der Waals surface area contributed by atoms with Gasteiger partial charge in [0.15, 0.2) is 5.58 Å². The van der Waals surface area contributed by atoms with E-state index in [2.05, 4.69) is 12.6 Å². The molecule has 0 aliphatic carbocycles. The zero-order valence-corrected chi connectivity index (χ0v) is 12.1. The van der Waals surface area contributed by atoms with Crippen molar-refractivity contribution in [2.75, 3.05) is 36.9 Å². The average Bonchev–Trinajstić information content (AvgIpc) is 2.47. The van der Waals surface area contributed by atoms with E-state index in [1.807, 2.05) is 17.9 Å². The van der Waals surface area contributed by atoms with Crippen molar-refractivity contribution < 1.29 is 9.15 Å². The molecule has 0 spiro atoms. The van der Waals surface area contributed by atoms with Crippen LogP contribution in [0.5, 0.6) is 0 Å². The lowest BCUT2D eigenvalue weighted by Crippen LogP contribution is -2.37. The molecule has 1 aliphatic rings. The maximum absolute atomic E-state index is 12.4. The quantitative estimate of drug-likeness (QED) is 0.620. The van der Waals surface area contributed by atoms with E-state index in [9.17, 15) is 4.79 Å². The smallest absolute Gasteiger partial charge is 0.213 e. The molecule has 106 valence electrons. The van der Waals surface area contributed by atoms with Gasteiger partial charge in [0.2, 0.25) is 11.3 Å². The van der Waals surface area contributed by atoms with Crippen molar-refractivity contribution in [1.29, 1.82) is 0 Å². The summed E-state index contributed by atoms with van der Waals surface area (Å²) in [6.07, 6.45) is 0. The van der Waals surface area contributed by atoms with Gasteiger partial charge in [0.05, 0.1) is 24.3 Å². The molecule has 1 aromatic heterocycles. The Balaban J connectivity index is 2.25. The van der Waals surface area contributed by atoms with Gasteiger partial charge in [-0.2, -0.15) is 0 Å². The topological polar surface area (TPSA) is 68.7 Å². The van der Waals surface area contributed by atoms with Crippen molar-refractivity contribution in [3.8, 4) is 0 Å². The Morgan fingerprint density at radius 1 is 1.30 bits per heavy atom. The zero-order chi connectivity index (χ0) is 14.3. The van der Waals surface area contributed by atoms with Crippen LogP contribution in [0.4, 0.5) is 11.6 Å². The van der Waals surface area contributed by atoms with Crippen molar-refractivity contribution in [3.63, 3.8) is 0 Å². The molecule has 1 fully saturated rings. The summed E-state index contributed by atoms with van der Waals surface area (Å²) in [7, 11) is 0. The molecule has 0 amide bonds. The summed E-state index contributed by atoms with van der Waals surface area (Å²) in [5.74, 6) is 0.478. The van der Waals surface area contributed by atoms with Crippen LogP contribution in [-0.2, 0) is 4.74 Å². The Kier molecular flexibility index (Phi) is 3.35. The number of nitrogens with two attached hydrogens (primary N) is 1. The fraction of sp³-hybridized carbons (Fsp3) is 0.357. The molecule has 1 saturated heterocycles. The van der Waals surface area contributed by atoms with Gasteiger partial charge in [-0.25, -0.2) is 0 Å². The number of nitrogens with zero attached hydrogens (tertiary/aromatic N) is 1. The second kappa shape index (κ2) is 5.03. The summed E-state index contributed by atoms with van der Waals surface area (Å²) in [6.45, 7) is 4.45. The molecule has 1 aliphatic heterocycles. The van der Waals surface area contributed by atoms with E-state index in [1.54, 1.807) is 6.07 Å². The Morgan fingerprint density at radius 3 is 2.70 bits per heavy atom. The van der Waals surface area contributed by atoms with E-state index in [0.717, 1.165) is 5.56 Å². The van der Waals surface area contributed by atoms with Crippen LogP contribution in [0.25, 0.3) is 11.0 Å². The molecule has 5 nitrogen and oxygen atoms in total. The molecular formula is C14H16N2O3S. The number of hydrogen-bond donors (Lipinski definition) is 2. The number of fused-ring (bicyclic) bond motifs is 1. The van der Waals surface area contributed by atoms with Gasteiger partial charge in [-0.3, -0.25) is 4.79 Å². The third kappa shape index (κ3) is 2.05. The standard InChI is InChI=1S/C14H16N2O3S/c1-8-2-3-9-11(17)13(20)14(19-12(9)10(8)15)16-4-6-18-7-5-16/h2-3,20H,4-7,15H2,1H3. The molecule has 0 bridgehead atoms. The molecule has 2 aromatic rings. The van der Waals surface area contributed by atoms with Gasteiger partial charge in [-0.15, -0.1) is 12.6 Å². The van der Waals surface area contributed by atoms with Crippen LogP contribution in [0.15, 0.2) is 26.2 Å². The monoisotopic (exact) mass is 292 g/mol. The minimum absolute atomic E-state index is 0.150. The molecule has 0 saturated carbocycles. The fourth-order valence-electron chi connectivity index (χ4n) is 2.34. The van der Waals surface area contributed by atoms with Gasteiger partial charge >= 0.3 is 0 Å². The first-order chi connectivity index (χ1) is 9.59. The number of aryl methyl sites for hydroxylation is 1. The van der Waals surface area contributed by atoms with Crippen LogP contribution < -0.4 is 16.1 Å². The summed E-state index contributed by atoms with van der Waals surface area (Å²) in [5, 5.41) is 0.468. The van der Waals surface area contributed by atoms with Crippen molar-refractivity contribution in [2.24, 2.45) is 0 Å². The van der Waals surface area contributed by atoms with Gasteiger partial charge in [0, 0.05) is 13.1 Å². The summed E-state index contributed by atoms with van der Waals surface area (Å²) in [5.41, 5.74) is 7.72. The summed E-state index contributed by atoms with van der Waals surface area (Å²) >= 11 is 4.33. The van der Waals surface area contributed by atoms with E-state index in [-0.39, 0.29) is 5.43 Å². The predicted molar refractivity (Wildman–Crippen MR) is 81.9 cm³/mol. The first kappa shape index (κ1) is 13.3. The Bertz CT molecular complexity index is 720. The molecular weight excluding hydrogens is 276 g/mol. The van der Waals surface area contributed by atoms with Gasteiger partial charge in [-0.05, 0) is 18.6 Å². The molecule has 20 heavy (non-hydrogen) atoms. The zero-order valence-electron chi connectivity index (χ0n) is 11.2. The van der Waals surface area contributed by atoms with Crippen LogP contribution in [-0.4, -0.2) is 26.3 Å². The number of hydrogen-bond acceptors (Lipinski definition) is 6. The normalized spacial score (nSPS) is 15.8. The molecule has 1 aromatic carbocycles. The third-order valence-electron chi connectivity index (χ3n) is 3.57. The van der Waals surface area contributed by atoms with Crippen molar-refractivity contribution >= 4 is 35.2 Å². The maximum atomic E-state index is 12.4. The highest BCUT2D eigenvalue weighted by Gasteiger charge is 2.21. The number of ether oxygens (including phenoxy) is 1. The Labute approximate surface area is 121 Å². The fourth-order valence-corrected chi connectivity index (χ4v) is 2.64. The molecule has 3 rings (SSSR count). The summed E-state index contributed by atoms with van der Waals surface area (Å²) in [4.78, 5) is 14.7. The number of morpholine rings is 1. The van der Waals surface area contributed by atoms with Crippen LogP contribution >= 0.6 is 12.6 Å². The number of anilines is 2. The van der Waals surface area contributed by atoms with E-state index in [1.165, 1.54) is 0 Å². The molecule has 0 atom stereocenters. The number of rotatable bonds is 1. The second-order valence-electron chi connectivity index (χ2n) is 4.86. The van der Waals surface area contributed by atoms with Gasteiger partial charge in [-0.1, -0.05) is 6.07 Å². The van der Waals surface area contributed by atoms with Crippen LogP contribution in [0.2, 0.25) is 0 Å². The maximum Gasteiger partial charge on any atom is 0.213 e. The highest BCUT2D eigenvalue weighted by molar-refractivity contribution is 7.80. The lowest BCUT2D eigenvalue weighted by atomic mass is 10.1. The van der Waals surface area contributed by atoms with Crippen LogP contribution in [0, 0.1) is 6.92 Å². The Morgan fingerprint density at radius 2 is 2.00 bits per heavy atom. The number of nitrogen functional groups attached to an aromatic ring is 1. The molecule has 6 heteroatoms. The number of thiol groups is 1. The molecule has 2 N–H and O–H groups in total. The van der Waals surface area contributed by atoms with E-state index >= 15 is 0 Å². The van der Waals surface area contributed by atoms with E-state index < -0.39 is 0 Å². The first-order valence-electron chi connectivity index (χ1n) is 6.47. The number of benzene rings is 1. The third-order valence-corrected chi connectivity index (χ3v) is 3.97. The SMILES string of the molecule is Cc1ccc2c(=O)c(S)c(N3CCOCC3)oc2c1N. The van der Waals surface area contributed by atoms with Crippen LogP contribution in [0.3, 0.4) is 0 Å². The lowest BCUT2D eigenvalue weighted by molar-refractivity contribution is 0.120. The van der Waals surface area contributed by atoms with E-state index in [0.29, 0.717) is 53.7 Å². The highest BCUT2D eigenvalue weighted by Crippen LogP contribution is 2.30. The van der Waals surface area contributed by atoms with E-state index in [4.69, 9.17) is 14.9 Å². The highest BCUT2D eigenvalue weighted by atomic mass is 32.1. The van der Waals surface area contributed by atoms with Gasteiger partial charge < -0.3 is 19.8 Å². The van der Waals surface area contributed by atoms with Crippen LogP contribution in [0.1, 0.15) is 5.56 Å². The minimum atomic E-state index is -0.150. The molecule has 0 unspecified atom stereocenters. The van der Waals surface area contributed by atoms with Crippen molar-refractivity contribution in [3.05, 3.63) is 27.9 Å². The van der Waals surface area contributed by atoms with Gasteiger partial charge in [0.25, 0.3) is 0 Å². The predicted octanol–water partition coefficient (Wildman–Crippen LogP) is 1.81. The van der Waals surface area contributed by atoms with Gasteiger partial charge in [0.1, 0.15) is 4.90 Å². The first-order valence-corrected chi connectivity index (χ1v) is 6.92. The average molecular weight is 292 g/mol. The molecule has 2 heterocycles. The Hall–Kier alpha value is -1.66. The lowest BCUT2D eigenvalue weighted by Gasteiger charge is -2.28. The van der Waals surface area contributed by atoms with Crippen molar-refractivity contribution in [2.45, 2.75) is 11.8 Å². The summed E-state index contributed by atoms with van der Waals surface area (Å²) < 4.78 is 11.2. The molecule has 0 radical (unpaired) electrons. The minimum Gasteiger partial charge on any atom is -0.437 e. The second-order valence-corrected chi connectivity index (χ2v) is 5.30.